The van der Waals surface area contributed by atoms with Gasteiger partial charge in [-0.25, -0.2) is 0 Å². The first-order valence-corrected chi connectivity index (χ1v) is 6.41. The summed E-state index contributed by atoms with van der Waals surface area (Å²) in [5, 5.41) is 2.82. The van der Waals surface area contributed by atoms with Gasteiger partial charge in [0, 0.05) is 24.4 Å². The van der Waals surface area contributed by atoms with Crippen molar-refractivity contribution in [3.05, 3.63) is 24.0 Å². The second kappa shape index (κ2) is 6.41. The summed E-state index contributed by atoms with van der Waals surface area (Å²) < 4.78 is 4.62. The van der Waals surface area contributed by atoms with Gasteiger partial charge in [0.05, 0.1) is 7.11 Å². The smallest absolute Gasteiger partial charge is 0.318 e. The molecule has 19 heavy (non-hydrogen) atoms. The van der Waals surface area contributed by atoms with Crippen LogP contribution in [0.2, 0.25) is 0 Å². The van der Waals surface area contributed by atoms with E-state index in [1.807, 2.05) is 32.3 Å². The van der Waals surface area contributed by atoms with Crippen molar-refractivity contribution in [2.75, 3.05) is 13.7 Å². The van der Waals surface area contributed by atoms with E-state index in [-0.39, 0.29) is 11.3 Å². The summed E-state index contributed by atoms with van der Waals surface area (Å²) in [5.41, 5.74) is 0.920. The van der Waals surface area contributed by atoms with E-state index in [1.165, 1.54) is 7.11 Å². The Bertz CT molecular complexity index is 424. The summed E-state index contributed by atoms with van der Waals surface area (Å²) in [6.07, 6.45) is 4.19. The molecule has 1 unspecified atom stereocenters. The summed E-state index contributed by atoms with van der Waals surface area (Å²) >= 11 is 0. The second-order valence-electron chi connectivity index (χ2n) is 5.19. The minimum absolute atomic E-state index is 0.190. The molecule has 0 aliphatic rings. The second-order valence-corrected chi connectivity index (χ2v) is 5.19. The number of aromatic amines is 1. The number of rotatable bonds is 6. The number of nitrogens with one attached hydrogen (secondary N) is 2. The van der Waals surface area contributed by atoms with Gasteiger partial charge in [-0.15, -0.1) is 0 Å². The third-order valence-electron chi connectivity index (χ3n) is 3.29. The number of amides is 1. The SMILES string of the molecule is CCC(C(=O)NCC(C)(C)c1cc[nH]c1)C(=O)OC. The first-order chi connectivity index (χ1) is 8.92. The van der Waals surface area contributed by atoms with Crippen molar-refractivity contribution in [1.29, 1.82) is 0 Å². The number of carbonyl (C=O) groups is 2. The monoisotopic (exact) mass is 266 g/mol. The van der Waals surface area contributed by atoms with Crippen LogP contribution in [0.4, 0.5) is 0 Å². The Morgan fingerprint density at radius 2 is 2.16 bits per heavy atom. The molecule has 1 aromatic heterocycles. The lowest BCUT2D eigenvalue weighted by molar-refractivity contribution is -0.150. The molecule has 1 atom stereocenters. The number of aromatic nitrogens is 1. The van der Waals surface area contributed by atoms with E-state index in [2.05, 4.69) is 15.0 Å². The molecule has 0 saturated heterocycles. The highest BCUT2D eigenvalue weighted by Gasteiger charge is 2.28. The fraction of sp³-hybridized carbons (Fsp3) is 0.571. The summed E-state index contributed by atoms with van der Waals surface area (Å²) in [5.74, 6) is -1.50. The first kappa shape index (κ1) is 15.3. The highest BCUT2D eigenvalue weighted by Crippen LogP contribution is 2.21. The van der Waals surface area contributed by atoms with Crippen LogP contribution in [0.1, 0.15) is 32.8 Å². The number of esters is 1. The molecular formula is C14H22N2O3. The van der Waals surface area contributed by atoms with Crippen molar-refractivity contribution in [2.45, 2.75) is 32.6 Å². The maximum atomic E-state index is 12.0. The van der Waals surface area contributed by atoms with Gasteiger partial charge in [-0.05, 0) is 18.1 Å². The van der Waals surface area contributed by atoms with Crippen LogP contribution < -0.4 is 5.32 Å². The van der Waals surface area contributed by atoms with Crippen LogP contribution in [0.5, 0.6) is 0 Å². The van der Waals surface area contributed by atoms with E-state index < -0.39 is 11.9 Å². The zero-order chi connectivity index (χ0) is 14.5. The Kier molecular flexibility index (Phi) is 5.15. The molecule has 1 rings (SSSR count). The van der Waals surface area contributed by atoms with E-state index in [4.69, 9.17) is 0 Å². The molecule has 0 radical (unpaired) electrons. The lowest BCUT2D eigenvalue weighted by Gasteiger charge is -2.25. The van der Waals surface area contributed by atoms with Gasteiger partial charge < -0.3 is 15.0 Å². The number of ether oxygens (including phenoxy) is 1. The van der Waals surface area contributed by atoms with E-state index in [0.29, 0.717) is 13.0 Å². The number of carbonyl (C=O) groups excluding carboxylic acids is 2. The van der Waals surface area contributed by atoms with Crippen LogP contribution in [0, 0.1) is 5.92 Å². The minimum atomic E-state index is -0.730. The largest absolute Gasteiger partial charge is 0.468 e. The van der Waals surface area contributed by atoms with E-state index in [0.717, 1.165) is 5.56 Å². The van der Waals surface area contributed by atoms with Crippen molar-refractivity contribution in [3.8, 4) is 0 Å². The number of H-pyrrole nitrogens is 1. The highest BCUT2D eigenvalue weighted by molar-refractivity contribution is 5.97. The average molecular weight is 266 g/mol. The van der Waals surface area contributed by atoms with Crippen LogP contribution >= 0.6 is 0 Å². The molecule has 106 valence electrons. The molecule has 1 amide bonds. The normalized spacial score (nSPS) is 12.8. The molecule has 2 N–H and O–H groups in total. The molecule has 0 spiro atoms. The molecule has 0 fully saturated rings. The van der Waals surface area contributed by atoms with E-state index >= 15 is 0 Å². The molecule has 0 aliphatic heterocycles. The van der Waals surface area contributed by atoms with Gasteiger partial charge in [0.2, 0.25) is 5.91 Å². The molecule has 1 aromatic rings. The fourth-order valence-corrected chi connectivity index (χ4v) is 1.88. The highest BCUT2D eigenvalue weighted by atomic mass is 16.5. The lowest BCUT2D eigenvalue weighted by Crippen LogP contribution is -2.41. The molecule has 1 heterocycles. The maximum Gasteiger partial charge on any atom is 0.318 e. The predicted octanol–water partition coefficient (Wildman–Crippen LogP) is 1.61. The van der Waals surface area contributed by atoms with Gasteiger partial charge in [-0.3, -0.25) is 9.59 Å². The fourth-order valence-electron chi connectivity index (χ4n) is 1.88. The van der Waals surface area contributed by atoms with Gasteiger partial charge >= 0.3 is 5.97 Å². The number of hydrogen-bond acceptors (Lipinski definition) is 3. The zero-order valence-corrected chi connectivity index (χ0v) is 11.9. The zero-order valence-electron chi connectivity index (χ0n) is 11.9. The van der Waals surface area contributed by atoms with Gasteiger partial charge in [0.25, 0.3) is 0 Å². The summed E-state index contributed by atoms with van der Waals surface area (Å²) in [4.78, 5) is 26.4. The Labute approximate surface area is 113 Å². The third kappa shape index (κ3) is 3.84. The van der Waals surface area contributed by atoms with Crippen molar-refractivity contribution >= 4 is 11.9 Å². The number of hydrogen-bond donors (Lipinski definition) is 2. The lowest BCUT2D eigenvalue weighted by atomic mass is 9.86. The van der Waals surface area contributed by atoms with Crippen LogP contribution in [-0.2, 0) is 19.7 Å². The minimum Gasteiger partial charge on any atom is -0.468 e. The topological polar surface area (TPSA) is 71.2 Å². The van der Waals surface area contributed by atoms with Crippen molar-refractivity contribution < 1.29 is 14.3 Å². The van der Waals surface area contributed by atoms with E-state index in [9.17, 15) is 9.59 Å². The van der Waals surface area contributed by atoms with Crippen molar-refractivity contribution in [3.63, 3.8) is 0 Å². The third-order valence-corrected chi connectivity index (χ3v) is 3.29. The van der Waals surface area contributed by atoms with Crippen molar-refractivity contribution in [2.24, 2.45) is 5.92 Å². The van der Waals surface area contributed by atoms with Crippen molar-refractivity contribution in [1.82, 2.24) is 10.3 Å². The maximum absolute atomic E-state index is 12.0. The van der Waals surface area contributed by atoms with Crippen LogP contribution in [0.15, 0.2) is 18.5 Å². The molecule has 5 heteroatoms. The summed E-state index contributed by atoms with van der Waals surface area (Å²) in [6, 6.07) is 1.98. The van der Waals surface area contributed by atoms with Gasteiger partial charge in [-0.1, -0.05) is 20.8 Å². The van der Waals surface area contributed by atoms with Gasteiger partial charge in [0.1, 0.15) is 5.92 Å². The average Bonchev–Trinajstić information content (AvgIpc) is 2.91. The van der Waals surface area contributed by atoms with Gasteiger partial charge in [0.15, 0.2) is 0 Å². The molecule has 0 aromatic carbocycles. The standard InChI is InChI=1S/C14H22N2O3/c1-5-11(13(18)19-4)12(17)16-9-14(2,3)10-6-7-15-8-10/h6-8,11,15H,5,9H2,1-4H3,(H,16,17). The Hall–Kier alpha value is -1.78. The molecule has 0 aliphatic carbocycles. The summed E-state index contributed by atoms with van der Waals surface area (Å²) in [6.45, 7) is 6.33. The van der Waals surface area contributed by atoms with Crippen LogP contribution in [-0.4, -0.2) is 30.5 Å². The summed E-state index contributed by atoms with van der Waals surface area (Å²) in [7, 11) is 1.29. The molecule has 0 saturated carbocycles. The quantitative estimate of drug-likeness (QED) is 0.607. The number of methoxy groups -OCH3 is 1. The van der Waals surface area contributed by atoms with Crippen LogP contribution in [0.3, 0.4) is 0 Å². The van der Waals surface area contributed by atoms with E-state index in [1.54, 1.807) is 6.92 Å². The molecule has 0 bridgehead atoms. The van der Waals surface area contributed by atoms with Crippen LogP contribution in [0.25, 0.3) is 0 Å². The molecule has 5 nitrogen and oxygen atoms in total. The Morgan fingerprint density at radius 1 is 1.47 bits per heavy atom. The first-order valence-electron chi connectivity index (χ1n) is 6.41. The Morgan fingerprint density at radius 3 is 2.63 bits per heavy atom. The Balaban J connectivity index is 2.61. The molecular weight excluding hydrogens is 244 g/mol. The predicted molar refractivity (Wildman–Crippen MR) is 72.6 cm³/mol. The van der Waals surface area contributed by atoms with Gasteiger partial charge in [-0.2, -0.15) is 0 Å².